The minimum absolute atomic E-state index is 0.191. The number of nitrogens with two attached hydrogens (primary N) is 1. The Morgan fingerprint density at radius 1 is 1.71 bits per heavy atom. The fourth-order valence-electron chi connectivity index (χ4n) is 0.906. The average molecular weight is 190 g/mol. The van der Waals surface area contributed by atoms with E-state index in [-0.39, 0.29) is 5.69 Å². The molecule has 14 heavy (non-hydrogen) atoms. The SMILES string of the molecule is COCC#Cc1cccnc1C(N)=O. The summed E-state index contributed by atoms with van der Waals surface area (Å²) in [5, 5.41) is 0. The van der Waals surface area contributed by atoms with Crippen LogP contribution in [0.2, 0.25) is 0 Å². The molecule has 1 aromatic rings. The maximum atomic E-state index is 10.9. The molecule has 0 unspecified atom stereocenters. The number of primary amides is 1. The average Bonchev–Trinajstić information content (AvgIpc) is 2.19. The normalized spacial score (nSPS) is 8.93. The van der Waals surface area contributed by atoms with Gasteiger partial charge in [-0.05, 0) is 12.1 Å². The van der Waals surface area contributed by atoms with Gasteiger partial charge in [0.2, 0.25) is 0 Å². The van der Waals surface area contributed by atoms with Crippen molar-refractivity contribution >= 4 is 5.91 Å². The van der Waals surface area contributed by atoms with E-state index < -0.39 is 5.91 Å². The molecule has 4 nitrogen and oxygen atoms in total. The maximum absolute atomic E-state index is 10.9. The van der Waals surface area contributed by atoms with Gasteiger partial charge in [-0.25, -0.2) is 4.98 Å². The zero-order chi connectivity index (χ0) is 10.4. The molecule has 0 aliphatic carbocycles. The standard InChI is InChI=1S/C10H10N2O2/c1-14-7-3-5-8-4-2-6-12-9(8)10(11)13/h2,4,6H,7H2,1H3,(H2,11,13). The van der Waals surface area contributed by atoms with Crippen LogP contribution < -0.4 is 5.73 Å². The third-order valence-corrected chi connectivity index (χ3v) is 1.48. The van der Waals surface area contributed by atoms with Crippen molar-refractivity contribution in [3.63, 3.8) is 0 Å². The van der Waals surface area contributed by atoms with E-state index in [1.54, 1.807) is 19.2 Å². The molecular formula is C10H10N2O2. The van der Waals surface area contributed by atoms with Crippen LogP contribution in [0.5, 0.6) is 0 Å². The van der Waals surface area contributed by atoms with E-state index in [4.69, 9.17) is 10.5 Å². The summed E-state index contributed by atoms with van der Waals surface area (Å²) in [5.41, 5.74) is 5.83. The molecule has 0 aliphatic rings. The molecule has 72 valence electrons. The number of rotatable bonds is 2. The lowest BCUT2D eigenvalue weighted by atomic mass is 10.2. The molecule has 1 aromatic heterocycles. The van der Waals surface area contributed by atoms with Crippen LogP contribution in [0, 0.1) is 11.8 Å². The molecule has 0 fully saturated rings. The van der Waals surface area contributed by atoms with Crippen molar-refractivity contribution in [1.82, 2.24) is 4.98 Å². The molecule has 0 atom stereocenters. The van der Waals surface area contributed by atoms with Crippen molar-refractivity contribution in [2.45, 2.75) is 0 Å². The number of ether oxygens (including phenoxy) is 1. The summed E-state index contributed by atoms with van der Waals surface area (Å²) in [6, 6.07) is 3.39. The van der Waals surface area contributed by atoms with Gasteiger partial charge in [-0.3, -0.25) is 4.79 Å². The molecule has 0 radical (unpaired) electrons. The van der Waals surface area contributed by atoms with Gasteiger partial charge in [0.05, 0.1) is 5.56 Å². The first kappa shape index (κ1) is 10.2. The van der Waals surface area contributed by atoms with Gasteiger partial charge >= 0.3 is 0 Å². The predicted molar refractivity (Wildman–Crippen MR) is 51.5 cm³/mol. The number of carbonyl (C=O) groups is 1. The van der Waals surface area contributed by atoms with Crippen LogP contribution in [0.1, 0.15) is 16.1 Å². The van der Waals surface area contributed by atoms with Crippen molar-refractivity contribution in [2.75, 3.05) is 13.7 Å². The summed E-state index contributed by atoms with van der Waals surface area (Å²) < 4.78 is 4.75. The molecule has 0 aromatic carbocycles. The number of nitrogens with zero attached hydrogens (tertiary/aromatic N) is 1. The van der Waals surface area contributed by atoms with E-state index in [1.165, 1.54) is 6.20 Å². The lowest BCUT2D eigenvalue weighted by molar-refractivity contribution is 0.0995. The van der Waals surface area contributed by atoms with Crippen LogP contribution in [0.4, 0.5) is 0 Å². The minimum Gasteiger partial charge on any atom is -0.372 e. The summed E-state index contributed by atoms with van der Waals surface area (Å²) in [4.78, 5) is 14.8. The van der Waals surface area contributed by atoms with Crippen molar-refractivity contribution in [1.29, 1.82) is 0 Å². The summed E-state index contributed by atoms with van der Waals surface area (Å²) in [5.74, 6) is 4.91. The van der Waals surface area contributed by atoms with Gasteiger partial charge in [0.15, 0.2) is 0 Å². The number of hydrogen-bond donors (Lipinski definition) is 1. The Kier molecular flexibility index (Phi) is 3.65. The summed E-state index contributed by atoms with van der Waals surface area (Å²) in [6.07, 6.45) is 1.50. The third-order valence-electron chi connectivity index (χ3n) is 1.48. The quantitative estimate of drug-likeness (QED) is 0.676. The number of carbonyl (C=O) groups excluding carboxylic acids is 1. The second-order valence-electron chi connectivity index (χ2n) is 2.50. The van der Waals surface area contributed by atoms with Crippen molar-refractivity contribution in [3.05, 3.63) is 29.6 Å². The monoisotopic (exact) mass is 190 g/mol. The summed E-state index contributed by atoms with van der Waals surface area (Å²) in [6.45, 7) is 0.313. The Hall–Kier alpha value is -1.86. The molecule has 1 heterocycles. The molecule has 0 aliphatic heterocycles. The molecule has 2 N–H and O–H groups in total. The zero-order valence-electron chi connectivity index (χ0n) is 7.78. The number of pyridine rings is 1. The van der Waals surface area contributed by atoms with E-state index in [2.05, 4.69) is 16.8 Å². The topological polar surface area (TPSA) is 65.2 Å². The Labute approximate surface area is 82.1 Å². The molecule has 0 saturated heterocycles. The first-order valence-electron chi connectivity index (χ1n) is 3.98. The predicted octanol–water partition coefficient (Wildman–Crippen LogP) is 0.178. The molecule has 0 saturated carbocycles. The minimum atomic E-state index is -0.577. The fourth-order valence-corrected chi connectivity index (χ4v) is 0.906. The lowest BCUT2D eigenvalue weighted by Gasteiger charge is -1.96. The number of aromatic nitrogens is 1. The van der Waals surface area contributed by atoms with E-state index in [0.717, 1.165) is 0 Å². The molecule has 0 bridgehead atoms. The highest BCUT2D eigenvalue weighted by Gasteiger charge is 2.05. The number of methoxy groups -OCH3 is 1. The number of amides is 1. The molecule has 4 heteroatoms. The van der Waals surface area contributed by atoms with E-state index in [0.29, 0.717) is 12.2 Å². The van der Waals surface area contributed by atoms with E-state index in [1.807, 2.05) is 0 Å². The Balaban J connectivity index is 2.97. The van der Waals surface area contributed by atoms with Gasteiger partial charge in [-0.1, -0.05) is 11.8 Å². The Morgan fingerprint density at radius 3 is 3.14 bits per heavy atom. The van der Waals surface area contributed by atoms with Crippen LogP contribution in [0.15, 0.2) is 18.3 Å². The zero-order valence-corrected chi connectivity index (χ0v) is 7.78. The van der Waals surface area contributed by atoms with Crippen LogP contribution in [0.25, 0.3) is 0 Å². The molecule has 1 amide bonds. The van der Waals surface area contributed by atoms with Gasteiger partial charge in [0.25, 0.3) is 5.91 Å². The highest BCUT2D eigenvalue weighted by molar-refractivity contribution is 5.93. The summed E-state index contributed by atoms with van der Waals surface area (Å²) >= 11 is 0. The van der Waals surface area contributed by atoms with E-state index in [9.17, 15) is 4.79 Å². The first-order valence-corrected chi connectivity index (χ1v) is 3.98. The van der Waals surface area contributed by atoms with Gasteiger partial charge in [-0.15, -0.1) is 0 Å². The second-order valence-corrected chi connectivity index (χ2v) is 2.50. The first-order chi connectivity index (χ1) is 6.75. The smallest absolute Gasteiger partial charge is 0.268 e. The largest absolute Gasteiger partial charge is 0.372 e. The third kappa shape index (κ3) is 2.57. The second kappa shape index (κ2) is 5.00. The lowest BCUT2D eigenvalue weighted by Crippen LogP contribution is -2.14. The van der Waals surface area contributed by atoms with Gasteiger partial charge in [0, 0.05) is 13.3 Å². The molecular weight excluding hydrogens is 180 g/mol. The van der Waals surface area contributed by atoms with Crippen molar-refractivity contribution in [2.24, 2.45) is 5.73 Å². The highest BCUT2D eigenvalue weighted by atomic mass is 16.5. The maximum Gasteiger partial charge on any atom is 0.268 e. The van der Waals surface area contributed by atoms with Crippen LogP contribution in [-0.2, 0) is 4.74 Å². The molecule has 0 spiro atoms. The van der Waals surface area contributed by atoms with Crippen LogP contribution >= 0.6 is 0 Å². The Morgan fingerprint density at radius 2 is 2.50 bits per heavy atom. The van der Waals surface area contributed by atoms with Crippen LogP contribution in [-0.4, -0.2) is 24.6 Å². The number of hydrogen-bond acceptors (Lipinski definition) is 3. The fraction of sp³-hybridized carbons (Fsp3) is 0.200. The van der Waals surface area contributed by atoms with Crippen molar-refractivity contribution < 1.29 is 9.53 Å². The van der Waals surface area contributed by atoms with Gasteiger partial charge in [0.1, 0.15) is 12.3 Å². The summed E-state index contributed by atoms with van der Waals surface area (Å²) in [7, 11) is 1.55. The Bertz CT molecular complexity index is 391. The van der Waals surface area contributed by atoms with Crippen LogP contribution in [0.3, 0.4) is 0 Å². The van der Waals surface area contributed by atoms with Crippen molar-refractivity contribution in [3.8, 4) is 11.8 Å². The van der Waals surface area contributed by atoms with Gasteiger partial charge in [-0.2, -0.15) is 0 Å². The highest BCUT2D eigenvalue weighted by Crippen LogP contribution is 2.01. The van der Waals surface area contributed by atoms with E-state index >= 15 is 0 Å². The van der Waals surface area contributed by atoms with Gasteiger partial charge < -0.3 is 10.5 Å². The molecule has 1 rings (SSSR count).